The van der Waals surface area contributed by atoms with Crippen LogP contribution in [-0.4, -0.2) is 43.4 Å². The van der Waals surface area contributed by atoms with Crippen molar-refractivity contribution in [1.82, 2.24) is 24.4 Å². The third-order valence-electron chi connectivity index (χ3n) is 5.68. The van der Waals surface area contributed by atoms with Gasteiger partial charge in [0.05, 0.1) is 5.69 Å². The molecule has 3 atom stereocenters. The lowest BCUT2D eigenvalue weighted by atomic mass is 10.1. The minimum Gasteiger partial charge on any atom is -0.384 e. The fourth-order valence-corrected chi connectivity index (χ4v) is 4.35. The summed E-state index contributed by atoms with van der Waals surface area (Å²) in [7, 11) is 0. The molecule has 2 N–H and O–H groups in total. The summed E-state index contributed by atoms with van der Waals surface area (Å²) in [6.45, 7) is 5.35. The molecule has 1 amide bonds. The second kappa shape index (κ2) is 5.27. The molecule has 3 aromatic rings. The largest absolute Gasteiger partial charge is 0.384 e. The van der Waals surface area contributed by atoms with Gasteiger partial charge in [-0.1, -0.05) is 0 Å². The number of amides is 1. The van der Waals surface area contributed by atoms with Gasteiger partial charge in [0.1, 0.15) is 17.2 Å². The highest BCUT2D eigenvalue weighted by Gasteiger charge is 2.58. The van der Waals surface area contributed by atoms with Crippen LogP contribution in [-0.2, 0) is 4.79 Å². The van der Waals surface area contributed by atoms with E-state index in [4.69, 9.17) is 15.7 Å². The van der Waals surface area contributed by atoms with E-state index in [1.54, 1.807) is 13.1 Å². The zero-order chi connectivity index (χ0) is 18.0. The van der Waals surface area contributed by atoms with Gasteiger partial charge >= 0.3 is 0 Å². The van der Waals surface area contributed by atoms with Crippen LogP contribution in [0.3, 0.4) is 0 Å². The van der Waals surface area contributed by atoms with Gasteiger partial charge < -0.3 is 15.2 Å². The molecule has 0 radical (unpaired) electrons. The molecule has 2 aliphatic rings. The fraction of sp³-hybridized carbons (Fsp3) is 0.368. The lowest BCUT2D eigenvalue weighted by molar-refractivity contribution is -0.128. The first kappa shape index (κ1) is 15.3. The van der Waals surface area contributed by atoms with Crippen LogP contribution in [0.15, 0.2) is 30.5 Å². The number of nitrogens with two attached hydrogens (primary N) is 1. The van der Waals surface area contributed by atoms with Crippen molar-refractivity contribution in [3.8, 4) is 11.3 Å². The van der Waals surface area contributed by atoms with Gasteiger partial charge in [-0.05, 0) is 31.2 Å². The molecule has 1 unspecified atom stereocenters. The van der Waals surface area contributed by atoms with Gasteiger partial charge in [-0.3, -0.25) is 4.79 Å². The fourth-order valence-electron chi connectivity index (χ4n) is 4.35. The van der Waals surface area contributed by atoms with Crippen LogP contribution >= 0.6 is 0 Å². The number of likely N-dealkylation sites (tertiary alicyclic amines) is 1. The molecule has 1 aliphatic carbocycles. The highest BCUT2D eigenvalue weighted by molar-refractivity contribution is 5.77. The molecule has 0 aromatic carbocycles. The minimum atomic E-state index is 0.166. The van der Waals surface area contributed by atoms with Gasteiger partial charge in [0, 0.05) is 49.7 Å². The second-order valence-electron chi connectivity index (χ2n) is 7.28. The molecular formula is C19H20N6O. The van der Waals surface area contributed by atoms with E-state index in [9.17, 15) is 4.79 Å². The van der Waals surface area contributed by atoms with Crippen molar-refractivity contribution in [2.45, 2.75) is 19.9 Å². The number of imidazole rings is 1. The molecule has 7 nitrogen and oxygen atoms in total. The minimum absolute atomic E-state index is 0.166. The molecule has 1 saturated heterocycles. The van der Waals surface area contributed by atoms with E-state index in [0.29, 0.717) is 23.7 Å². The summed E-state index contributed by atoms with van der Waals surface area (Å²) in [5.74, 6) is 2.65. The number of nitrogens with zero attached hydrogens (tertiary/aromatic N) is 5. The Morgan fingerprint density at radius 1 is 1.19 bits per heavy atom. The van der Waals surface area contributed by atoms with E-state index in [1.807, 2.05) is 36.1 Å². The Morgan fingerprint density at radius 2 is 1.96 bits per heavy atom. The summed E-state index contributed by atoms with van der Waals surface area (Å²) in [6.07, 6.45) is 1.70. The van der Waals surface area contributed by atoms with Gasteiger partial charge in [0.25, 0.3) is 0 Å². The summed E-state index contributed by atoms with van der Waals surface area (Å²) in [5.41, 5.74) is 9.44. The van der Waals surface area contributed by atoms with Gasteiger partial charge in [0.2, 0.25) is 5.91 Å². The molecule has 2 fully saturated rings. The Bertz CT molecular complexity index is 1030. The number of anilines is 1. The SMILES string of the molecule is CC(=O)N1C[C@@H]2C(n3c(C)nc4ccc(-c5ccnc(N)c5)nc43)[C@@H]2C1. The molecule has 0 spiro atoms. The molecule has 1 saturated carbocycles. The van der Waals surface area contributed by atoms with Crippen molar-refractivity contribution in [2.75, 3.05) is 18.8 Å². The van der Waals surface area contributed by atoms with E-state index in [1.165, 1.54) is 0 Å². The molecule has 0 bridgehead atoms. The standard InChI is InChI=1S/C19H20N6O/c1-10-22-16-4-3-15(12-5-6-21-17(20)7-12)23-19(16)25(10)18-13-8-24(11(2)26)9-14(13)18/h3-7,13-14,18H,8-9H2,1-2H3,(H2,20,21)/t13-,14+,18?. The van der Waals surface area contributed by atoms with Gasteiger partial charge in [0.15, 0.2) is 5.65 Å². The average molecular weight is 348 g/mol. The molecule has 5 rings (SSSR count). The van der Waals surface area contributed by atoms with Crippen molar-refractivity contribution in [3.63, 3.8) is 0 Å². The van der Waals surface area contributed by atoms with Crippen LogP contribution < -0.4 is 5.73 Å². The zero-order valence-electron chi connectivity index (χ0n) is 14.8. The number of hydrogen-bond acceptors (Lipinski definition) is 5. The maximum absolute atomic E-state index is 11.6. The Hall–Kier alpha value is -2.96. The predicted molar refractivity (Wildman–Crippen MR) is 98.2 cm³/mol. The van der Waals surface area contributed by atoms with Gasteiger partial charge in [-0.25, -0.2) is 15.0 Å². The maximum atomic E-state index is 11.6. The van der Waals surface area contributed by atoms with Crippen molar-refractivity contribution >= 4 is 22.9 Å². The Morgan fingerprint density at radius 3 is 2.65 bits per heavy atom. The van der Waals surface area contributed by atoms with Gasteiger partial charge in [-0.15, -0.1) is 0 Å². The van der Waals surface area contributed by atoms with E-state index < -0.39 is 0 Å². The quantitative estimate of drug-likeness (QED) is 0.765. The number of rotatable bonds is 2. The van der Waals surface area contributed by atoms with Crippen LogP contribution in [0.1, 0.15) is 18.8 Å². The molecule has 132 valence electrons. The van der Waals surface area contributed by atoms with E-state index in [0.717, 1.165) is 41.3 Å². The summed E-state index contributed by atoms with van der Waals surface area (Å²) in [4.78, 5) is 27.2. The number of piperidine rings is 1. The number of carbonyl (C=O) groups excluding carboxylic acids is 1. The number of aromatic nitrogens is 4. The zero-order valence-corrected chi connectivity index (χ0v) is 14.8. The Balaban J connectivity index is 1.54. The predicted octanol–water partition coefficient (Wildman–Crippen LogP) is 2.03. The molecule has 3 aromatic heterocycles. The Labute approximate surface area is 150 Å². The van der Waals surface area contributed by atoms with Gasteiger partial charge in [-0.2, -0.15) is 0 Å². The number of nitrogen functional groups attached to an aromatic ring is 1. The molecule has 26 heavy (non-hydrogen) atoms. The molecule has 7 heteroatoms. The average Bonchev–Trinajstić information content (AvgIpc) is 2.96. The van der Waals surface area contributed by atoms with Crippen molar-refractivity contribution in [1.29, 1.82) is 0 Å². The highest BCUT2D eigenvalue weighted by Crippen LogP contribution is 2.56. The summed E-state index contributed by atoms with van der Waals surface area (Å²) in [6, 6.07) is 8.12. The number of aryl methyl sites for hydroxylation is 1. The topological polar surface area (TPSA) is 89.9 Å². The highest BCUT2D eigenvalue weighted by atomic mass is 16.2. The van der Waals surface area contributed by atoms with Crippen LogP contribution in [0.5, 0.6) is 0 Å². The maximum Gasteiger partial charge on any atom is 0.219 e. The van der Waals surface area contributed by atoms with Crippen LogP contribution in [0.25, 0.3) is 22.4 Å². The lowest BCUT2D eigenvalue weighted by Crippen LogP contribution is -2.29. The van der Waals surface area contributed by atoms with Crippen LogP contribution in [0.4, 0.5) is 5.82 Å². The summed E-state index contributed by atoms with van der Waals surface area (Å²) >= 11 is 0. The summed E-state index contributed by atoms with van der Waals surface area (Å²) in [5, 5.41) is 0. The molecular weight excluding hydrogens is 328 g/mol. The first-order chi connectivity index (χ1) is 12.5. The normalized spacial score (nSPS) is 24.1. The number of fused-ring (bicyclic) bond motifs is 2. The number of carbonyl (C=O) groups is 1. The monoisotopic (exact) mass is 348 g/mol. The smallest absolute Gasteiger partial charge is 0.219 e. The molecule has 4 heterocycles. The molecule has 1 aliphatic heterocycles. The number of pyridine rings is 2. The first-order valence-electron chi connectivity index (χ1n) is 8.86. The van der Waals surface area contributed by atoms with Crippen molar-refractivity contribution in [2.24, 2.45) is 11.8 Å². The third kappa shape index (κ3) is 2.20. The van der Waals surface area contributed by atoms with Crippen molar-refractivity contribution < 1.29 is 4.79 Å². The van der Waals surface area contributed by atoms with Crippen LogP contribution in [0.2, 0.25) is 0 Å². The lowest BCUT2D eigenvalue weighted by Gasteiger charge is -2.19. The first-order valence-corrected chi connectivity index (χ1v) is 8.86. The third-order valence-corrected chi connectivity index (χ3v) is 5.68. The van der Waals surface area contributed by atoms with E-state index in [2.05, 4.69) is 9.55 Å². The van der Waals surface area contributed by atoms with E-state index >= 15 is 0 Å². The second-order valence-corrected chi connectivity index (χ2v) is 7.28. The Kier molecular flexibility index (Phi) is 3.10. The van der Waals surface area contributed by atoms with Crippen molar-refractivity contribution in [3.05, 3.63) is 36.3 Å². The summed E-state index contributed by atoms with van der Waals surface area (Å²) < 4.78 is 2.26. The number of hydrogen-bond donors (Lipinski definition) is 1. The van der Waals surface area contributed by atoms with E-state index in [-0.39, 0.29) is 5.91 Å². The van der Waals surface area contributed by atoms with Crippen LogP contribution in [0, 0.1) is 18.8 Å².